The van der Waals surface area contributed by atoms with E-state index < -0.39 is 0 Å². The predicted molar refractivity (Wildman–Crippen MR) is 90.7 cm³/mol. The van der Waals surface area contributed by atoms with Crippen LogP contribution in [-0.2, 0) is 7.05 Å². The highest BCUT2D eigenvalue weighted by Crippen LogP contribution is 2.38. The van der Waals surface area contributed by atoms with E-state index >= 15 is 0 Å². The molecule has 2 heterocycles. The third-order valence-electron chi connectivity index (χ3n) is 4.11. The van der Waals surface area contributed by atoms with Gasteiger partial charge in [-0.3, -0.25) is 0 Å². The number of benzene rings is 2. The second kappa shape index (κ2) is 4.68. The normalized spacial score (nSPS) is 11.3. The number of aryl methyl sites for hydroxylation is 2. The lowest BCUT2D eigenvalue weighted by Crippen LogP contribution is -2.30. The molecule has 102 valence electrons. The van der Waals surface area contributed by atoms with Gasteiger partial charge in [-0.2, -0.15) is 4.57 Å². The van der Waals surface area contributed by atoms with Gasteiger partial charge < -0.3 is 0 Å². The molecular weight excluding hydrogens is 274 g/mol. The average molecular weight is 290 g/mol. The van der Waals surface area contributed by atoms with E-state index in [4.69, 9.17) is 0 Å². The maximum absolute atomic E-state index is 2.24. The van der Waals surface area contributed by atoms with Gasteiger partial charge in [0.25, 0.3) is 0 Å². The van der Waals surface area contributed by atoms with Crippen LogP contribution in [0.4, 0.5) is 0 Å². The first-order valence-corrected chi connectivity index (χ1v) is 7.93. The standard InChI is InChI=1S/C19H16NS/c1-13-15-8-5-6-10-17(15)21-19(13)18-16-9-4-3-7-14(16)11-12-20(18)2/h3-12H,1-2H3/q+1. The van der Waals surface area contributed by atoms with Gasteiger partial charge in [0.2, 0.25) is 5.69 Å². The molecule has 4 rings (SSSR count). The minimum atomic E-state index is 1.29. The van der Waals surface area contributed by atoms with E-state index in [1.54, 1.807) is 0 Å². The Hall–Kier alpha value is -2.19. The molecule has 0 saturated carbocycles. The van der Waals surface area contributed by atoms with Gasteiger partial charge in [0.05, 0.1) is 5.39 Å². The van der Waals surface area contributed by atoms with E-state index in [0.29, 0.717) is 0 Å². The number of nitrogens with zero attached hydrogens (tertiary/aromatic N) is 1. The van der Waals surface area contributed by atoms with Crippen molar-refractivity contribution in [1.29, 1.82) is 0 Å². The van der Waals surface area contributed by atoms with E-state index in [1.807, 2.05) is 11.3 Å². The molecular formula is C19H16NS+. The summed E-state index contributed by atoms with van der Waals surface area (Å²) in [5.41, 5.74) is 2.69. The summed E-state index contributed by atoms with van der Waals surface area (Å²) in [6, 6.07) is 19.5. The van der Waals surface area contributed by atoms with Crippen LogP contribution in [0.25, 0.3) is 31.4 Å². The third-order valence-corrected chi connectivity index (χ3v) is 5.38. The Bertz CT molecular complexity index is 966. The summed E-state index contributed by atoms with van der Waals surface area (Å²) in [7, 11) is 2.13. The first-order valence-electron chi connectivity index (χ1n) is 7.11. The molecule has 0 spiro atoms. The van der Waals surface area contributed by atoms with Crippen molar-refractivity contribution >= 4 is 32.2 Å². The number of pyridine rings is 1. The average Bonchev–Trinajstić information content (AvgIpc) is 2.84. The highest BCUT2D eigenvalue weighted by atomic mass is 32.1. The molecule has 1 nitrogen and oxygen atoms in total. The minimum absolute atomic E-state index is 1.29. The lowest BCUT2D eigenvalue weighted by molar-refractivity contribution is -0.659. The van der Waals surface area contributed by atoms with Crippen LogP contribution in [0.3, 0.4) is 0 Å². The predicted octanol–water partition coefficient (Wildman–Crippen LogP) is 4.85. The Labute approximate surface area is 128 Å². The van der Waals surface area contributed by atoms with Crippen molar-refractivity contribution in [1.82, 2.24) is 0 Å². The summed E-state index contributed by atoms with van der Waals surface area (Å²) >= 11 is 1.89. The second-order valence-corrected chi connectivity index (χ2v) is 6.47. The zero-order valence-electron chi connectivity index (χ0n) is 12.1. The zero-order chi connectivity index (χ0) is 14.4. The Balaban J connectivity index is 2.13. The van der Waals surface area contributed by atoms with Gasteiger partial charge in [0.1, 0.15) is 11.9 Å². The van der Waals surface area contributed by atoms with Crippen LogP contribution < -0.4 is 4.57 Å². The molecule has 0 atom stereocenters. The third kappa shape index (κ3) is 1.87. The molecule has 0 N–H and O–H groups in total. The molecule has 0 saturated heterocycles. The number of hydrogen-bond acceptors (Lipinski definition) is 1. The van der Waals surface area contributed by atoms with Crippen molar-refractivity contribution in [2.45, 2.75) is 6.92 Å². The highest BCUT2D eigenvalue weighted by molar-refractivity contribution is 7.22. The summed E-state index contributed by atoms with van der Waals surface area (Å²) in [5, 5.41) is 3.98. The van der Waals surface area contributed by atoms with Gasteiger partial charge in [-0.05, 0) is 35.4 Å². The fourth-order valence-electron chi connectivity index (χ4n) is 3.00. The van der Waals surface area contributed by atoms with Gasteiger partial charge in [-0.15, -0.1) is 11.3 Å². The first kappa shape index (κ1) is 12.5. The van der Waals surface area contributed by atoms with Crippen molar-refractivity contribution < 1.29 is 4.57 Å². The molecule has 2 aromatic heterocycles. The quantitative estimate of drug-likeness (QED) is 0.441. The van der Waals surface area contributed by atoms with E-state index in [1.165, 1.54) is 37.0 Å². The SMILES string of the molecule is Cc1c(-c2c3ccccc3cc[n+]2C)sc2ccccc12. The Morgan fingerprint density at radius 2 is 1.57 bits per heavy atom. The summed E-state index contributed by atoms with van der Waals surface area (Å²) in [6.07, 6.45) is 2.15. The first-order chi connectivity index (χ1) is 10.3. The number of aromatic nitrogens is 1. The van der Waals surface area contributed by atoms with Crippen molar-refractivity contribution in [3.63, 3.8) is 0 Å². The van der Waals surface area contributed by atoms with Crippen LogP contribution >= 0.6 is 11.3 Å². The van der Waals surface area contributed by atoms with E-state index in [2.05, 4.69) is 79.3 Å². The topological polar surface area (TPSA) is 3.88 Å². The summed E-state index contributed by atoms with van der Waals surface area (Å²) in [4.78, 5) is 1.37. The highest BCUT2D eigenvalue weighted by Gasteiger charge is 2.20. The minimum Gasteiger partial charge on any atom is -0.200 e. The van der Waals surface area contributed by atoms with Crippen LogP contribution in [0.5, 0.6) is 0 Å². The monoisotopic (exact) mass is 290 g/mol. The lowest BCUT2D eigenvalue weighted by Gasteiger charge is -2.04. The van der Waals surface area contributed by atoms with Crippen LogP contribution in [0.1, 0.15) is 5.56 Å². The fraction of sp³-hybridized carbons (Fsp3) is 0.105. The second-order valence-electron chi connectivity index (χ2n) is 5.41. The summed E-state index contributed by atoms with van der Waals surface area (Å²) in [5.74, 6) is 0. The molecule has 0 bridgehead atoms. The zero-order valence-corrected chi connectivity index (χ0v) is 12.9. The smallest absolute Gasteiger partial charge is 0.200 e. The van der Waals surface area contributed by atoms with E-state index in [0.717, 1.165) is 0 Å². The Kier molecular flexibility index (Phi) is 2.79. The lowest BCUT2D eigenvalue weighted by atomic mass is 10.1. The van der Waals surface area contributed by atoms with Crippen LogP contribution in [0.15, 0.2) is 60.8 Å². The Morgan fingerprint density at radius 3 is 2.38 bits per heavy atom. The Morgan fingerprint density at radius 1 is 0.857 bits per heavy atom. The maximum Gasteiger partial charge on any atom is 0.230 e. The van der Waals surface area contributed by atoms with Gasteiger partial charge >= 0.3 is 0 Å². The van der Waals surface area contributed by atoms with E-state index in [9.17, 15) is 0 Å². The van der Waals surface area contributed by atoms with Crippen molar-refractivity contribution in [3.05, 3.63) is 66.4 Å². The fourth-order valence-corrected chi connectivity index (χ4v) is 4.31. The number of thiophene rings is 1. The van der Waals surface area contributed by atoms with Crippen molar-refractivity contribution in [2.24, 2.45) is 7.05 Å². The van der Waals surface area contributed by atoms with Gasteiger partial charge in [0.15, 0.2) is 6.20 Å². The van der Waals surface area contributed by atoms with Gasteiger partial charge in [0, 0.05) is 10.8 Å². The number of rotatable bonds is 1. The number of hydrogen-bond donors (Lipinski definition) is 0. The molecule has 21 heavy (non-hydrogen) atoms. The van der Waals surface area contributed by atoms with Crippen LogP contribution in [-0.4, -0.2) is 0 Å². The van der Waals surface area contributed by atoms with Crippen molar-refractivity contribution in [2.75, 3.05) is 0 Å². The molecule has 2 heteroatoms. The maximum atomic E-state index is 2.24. The van der Waals surface area contributed by atoms with Crippen LogP contribution in [0, 0.1) is 6.92 Å². The molecule has 0 aliphatic carbocycles. The van der Waals surface area contributed by atoms with E-state index in [-0.39, 0.29) is 0 Å². The molecule has 0 fully saturated rings. The molecule has 4 aromatic rings. The van der Waals surface area contributed by atoms with Gasteiger partial charge in [-0.1, -0.05) is 36.4 Å². The van der Waals surface area contributed by atoms with Crippen LogP contribution in [0.2, 0.25) is 0 Å². The molecule has 0 radical (unpaired) electrons. The molecule has 2 aromatic carbocycles. The largest absolute Gasteiger partial charge is 0.230 e. The molecule has 0 aliphatic heterocycles. The molecule has 0 aliphatic rings. The number of fused-ring (bicyclic) bond motifs is 2. The summed E-state index contributed by atoms with van der Waals surface area (Å²) in [6.45, 7) is 2.23. The van der Waals surface area contributed by atoms with Crippen molar-refractivity contribution in [3.8, 4) is 10.6 Å². The summed E-state index contributed by atoms with van der Waals surface area (Å²) < 4.78 is 3.60. The molecule has 0 unspecified atom stereocenters. The molecule has 0 amide bonds. The van der Waals surface area contributed by atoms with Gasteiger partial charge in [-0.25, -0.2) is 0 Å².